The zero-order valence-corrected chi connectivity index (χ0v) is 12.3. The number of pyridine rings is 1. The average Bonchev–Trinajstić information content (AvgIpc) is 2.93. The Hall–Kier alpha value is -1.62. The predicted molar refractivity (Wildman–Crippen MR) is 81.2 cm³/mol. The average molecular weight is 273 g/mol. The Morgan fingerprint density at radius 3 is 2.85 bits per heavy atom. The molecule has 0 atom stereocenters. The van der Waals surface area contributed by atoms with E-state index in [-0.39, 0.29) is 0 Å². The summed E-state index contributed by atoms with van der Waals surface area (Å²) in [6, 6.07) is 4.30. The monoisotopic (exact) mass is 273 g/mol. The molecule has 2 aromatic rings. The number of nitrogens with one attached hydrogen (secondary N) is 1. The molecule has 0 unspecified atom stereocenters. The van der Waals surface area contributed by atoms with E-state index in [2.05, 4.69) is 39.4 Å². The van der Waals surface area contributed by atoms with E-state index < -0.39 is 0 Å². The van der Waals surface area contributed by atoms with Crippen molar-refractivity contribution in [2.75, 3.05) is 31.6 Å². The van der Waals surface area contributed by atoms with Crippen LogP contribution in [0.25, 0.3) is 5.65 Å². The van der Waals surface area contributed by atoms with Crippen LogP contribution < -0.4 is 10.2 Å². The summed E-state index contributed by atoms with van der Waals surface area (Å²) in [4.78, 5) is 6.76. The zero-order valence-electron chi connectivity index (χ0n) is 12.3. The Labute approximate surface area is 120 Å². The van der Waals surface area contributed by atoms with Gasteiger partial charge in [0.2, 0.25) is 0 Å². The summed E-state index contributed by atoms with van der Waals surface area (Å²) in [5.74, 6) is 2.04. The summed E-state index contributed by atoms with van der Waals surface area (Å²) in [6.45, 7) is 5.49. The molecule has 0 bridgehead atoms. The van der Waals surface area contributed by atoms with E-state index in [4.69, 9.17) is 0 Å². The van der Waals surface area contributed by atoms with Crippen molar-refractivity contribution in [2.24, 2.45) is 5.92 Å². The normalized spacial score (nSPS) is 17.0. The van der Waals surface area contributed by atoms with Crippen molar-refractivity contribution < 1.29 is 0 Å². The van der Waals surface area contributed by atoms with E-state index >= 15 is 0 Å². The third-order valence-electron chi connectivity index (χ3n) is 4.25. The van der Waals surface area contributed by atoms with Crippen LogP contribution in [-0.2, 0) is 0 Å². The minimum Gasteiger partial charge on any atom is -0.356 e. The highest BCUT2D eigenvalue weighted by Gasteiger charge is 2.21. The summed E-state index contributed by atoms with van der Waals surface area (Å²) in [5.41, 5.74) is 2.19. The van der Waals surface area contributed by atoms with Crippen molar-refractivity contribution in [1.82, 2.24) is 19.9 Å². The highest BCUT2D eigenvalue weighted by Crippen LogP contribution is 2.25. The number of rotatable bonds is 4. The largest absolute Gasteiger partial charge is 0.356 e. The molecule has 1 aliphatic rings. The maximum absolute atomic E-state index is 4.36. The van der Waals surface area contributed by atoms with Crippen molar-refractivity contribution in [3.8, 4) is 0 Å². The van der Waals surface area contributed by atoms with Crippen molar-refractivity contribution >= 4 is 11.5 Å². The molecule has 1 saturated heterocycles. The van der Waals surface area contributed by atoms with Crippen LogP contribution in [0.3, 0.4) is 0 Å². The molecule has 20 heavy (non-hydrogen) atoms. The lowest BCUT2D eigenvalue weighted by Crippen LogP contribution is -2.35. The molecule has 0 saturated carbocycles. The Morgan fingerprint density at radius 1 is 1.30 bits per heavy atom. The number of hydrogen-bond donors (Lipinski definition) is 1. The van der Waals surface area contributed by atoms with Gasteiger partial charge in [0, 0.05) is 13.1 Å². The Balaban J connectivity index is 1.75. The SMILES string of the molecule is CNCCC1CCN(c2cc(C)cc3ncnn23)CC1. The van der Waals surface area contributed by atoms with E-state index in [0.29, 0.717) is 0 Å². The second-order valence-corrected chi connectivity index (χ2v) is 5.74. The van der Waals surface area contributed by atoms with Gasteiger partial charge in [-0.3, -0.25) is 0 Å². The first-order valence-corrected chi connectivity index (χ1v) is 7.48. The maximum Gasteiger partial charge on any atom is 0.157 e. The molecule has 0 spiro atoms. The molecule has 5 nitrogen and oxygen atoms in total. The zero-order chi connectivity index (χ0) is 13.9. The summed E-state index contributed by atoms with van der Waals surface area (Å²) < 4.78 is 1.96. The summed E-state index contributed by atoms with van der Waals surface area (Å²) in [6.07, 6.45) is 5.46. The number of hydrogen-bond acceptors (Lipinski definition) is 4. The number of aryl methyl sites for hydroxylation is 1. The van der Waals surface area contributed by atoms with E-state index in [0.717, 1.165) is 31.2 Å². The van der Waals surface area contributed by atoms with Gasteiger partial charge < -0.3 is 10.2 Å². The number of piperidine rings is 1. The minimum atomic E-state index is 0.856. The van der Waals surface area contributed by atoms with Crippen LogP contribution in [0, 0.1) is 12.8 Å². The number of anilines is 1. The van der Waals surface area contributed by atoms with Gasteiger partial charge in [0.25, 0.3) is 0 Å². The Bertz CT molecular complexity index is 569. The van der Waals surface area contributed by atoms with Crippen molar-refractivity contribution in [3.63, 3.8) is 0 Å². The van der Waals surface area contributed by atoms with E-state index in [9.17, 15) is 0 Å². The molecule has 1 aliphatic heterocycles. The number of nitrogens with zero attached hydrogens (tertiary/aromatic N) is 4. The molecule has 0 amide bonds. The molecular weight excluding hydrogens is 250 g/mol. The van der Waals surface area contributed by atoms with Crippen LogP contribution in [0.1, 0.15) is 24.8 Å². The predicted octanol–water partition coefficient (Wildman–Crippen LogP) is 1.86. The second-order valence-electron chi connectivity index (χ2n) is 5.74. The molecule has 5 heteroatoms. The first-order chi connectivity index (χ1) is 9.78. The highest BCUT2D eigenvalue weighted by atomic mass is 15.4. The summed E-state index contributed by atoms with van der Waals surface area (Å²) in [7, 11) is 2.03. The molecule has 2 aromatic heterocycles. The van der Waals surface area contributed by atoms with Crippen molar-refractivity contribution in [3.05, 3.63) is 24.0 Å². The van der Waals surface area contributed by atoms with E-state index in [1.807, 2.05) is 11.6 Å². The summed E-state index contributed by atoms with van der Waals surface area (Å²) in [5, 5.41) is 7.61. The lowest BCUT2D eigenvalue weighted by atomic mass is 9.93. The molecule has 1 fully saturated rings. The number of aromatic nitrogens is 3. The van der Waals surface area contributed by atoms with E-state index in [1.165, 1.54) is 30.6 Å². The second kappa shape index (κ2) is 5.79. The smallest absolute Gasteiger partial charge is 0.157 e. The van der Waals surface area contributed by atoms with Gasteiger partial charge in [0.05, 0.1) is 0 Å². The van der Waals surface area contributed by atoms with E-state index in [1.54, 1.807) is 6.33 Å². The summed E-state index contributed by atoms with van der Waals surface area (Å²) >= 11 is 0. The van der Waals surface area contributed by atoms with Gasteiger partial charge >= 0.3 is 0 Å². The van der Waals surface area contributed by atoms with Crippen molar-refractivity contribution in [1.29, 1.82) is 0 Å². The van der Waals surface area contributed by atoms with Gasteiger partial charge in [0.1, 0.15) is 12.1 Å². The van der Waals surface area contributed by atoms with Crippen LogP contribution in [0.4, 0.5) is 5.82 Å². The van der Waals surface area contributed by atoms with Gasteiger partial charge in [-0.1, -0.05) is 0 Å². The molecular formula is C15H23N5. The molecule has 0 radical (unpaired) electrons. The third kappa shape index (κ3) is 2.63. The molecule has 1 N–H and O–H groups in total. The van der Waals surface area contributed by atoms with Gasteiger partial charge in [-0.15, -0.1) is 0 Å². The topological polar surface area (TPSA) is 45.5 Å². The fourth-order valence-corrected chi connectivity index (χ4v) is 3.06. The van der Waals surface area contributed by atoms with Crippen LogP contribution in [0.15, 0.2) is 18.5 Å². The van der Waals surface area contributed by atoms with Crippen molar-refractivity contribution in [2.45, 2.75) is 26.2 Å². The first kappa shape index (κ1) is 13.4. The lowest BCUT2D eigenvalue weighted by molar-refractivity contribution is 0.376. The highest BCUT2D eigenvalue weighted by molar-refractivity contribution is 5.53. The van der Waals surface area contributed by atoms with Crippen LogP contribution in [-0.4, -0.2) is 41.3 Å². The molecule has 108 valence electrons. The Morgan fingerprint density at radius 2 is 2.10 bits per heavy atom. The maximum atomic E-state index is 4.36. The van der Waals surface area contributed by atoms with Crippen LogP contribution in [0.2, 0.25) is 0 Å². The fraction of sp³-hybridized carbons (Fsp3) is 0.600. The lowest BCUT2D eigenvalue weighted by Gasteiger charge is -2.33. The first-order valence-electron chi connectivity index (χ1n) is 7.48. The van der Waals surface area contributed by atoms with Crippen LogP contribution >= 0.6 is 0 Å². The Kier molecular flexibility index (Phi) is 3.87. The minimum absolute atomic E-state index is 0.856. The molecule has 0 aromatic carbocycles. The molecule has 3 rings (SSSR count). The van der Waals surface area contributed by atoms with Gasteiger partial charge in [0.15, 0.2) is 5.65 Å². The quantitative estimate of drug-likeness (QED) is 0.923. The van der Waals surface area contributed by atoms with Crippen LogP contribution in [0.5, 0.6) is 0 Å². The van der Waals surface area contributed by atoms with Gasteiger partial charge in [-0.2, -0.15) is 9.61 Å². The van der Waals surface area contributed by atoms with Gasteiger partial charge in [-0.25, -0.2) is 4.98 Å². The number of fused-ring (bicyclic) bond motifs is 1. The molecule has 3 heterocycles. The standard InChI is InChI=1S/C15H23N5/c1-12-9-14-17-11-18-20(14)15(10-12)19-7-4-13(5-8-19)3-6-16-2/h9-11,13,16H,3-8H2,1-2H3. The molecule has 0 aliphatic carbocycles. The van der Waals surface area contributed by atoms with Gasteiger partial charge in [-0.05, 0) is 63.4 Å². The third-order valence-corrected chi connectivity index (χ3v) is 4.25. The fourth-order valence-electron chi connectivity index (χ4n) is 3.06.